The van der Waals surface area contributed by atoms with E-state index < -0.39 is 6.04 Å². The lowest BCUT2D eigenvalue weighted by Crippen LogP contribution is -2.53. The van der Waals surface area contributed by atoms with Crippen molar-refractivity contribution >= 4 is 5.91 Å². The molecule has 0 aromatic carbocycles. The van der Waals surface area contributed by atoms with Crippen LogP contribution < -0.4 is 11.1 Å². The van der Waals surface area contributed by atoms with Crippen LogP contribution in [0.25, 0.3) is 0 Å². The average molecular weight is 280 g/mol. The van der Waals surface area contributed by atoms with Crippen LogP contribution in [0.15, 0.2) is 18.7 Å². The van der Waals surface area contributed by atoms with E-state index in [-0.39, 0.29) is 23.3 Å². The van der Waals surface area contributed by atoms with Crippen molar-refractivity contribution in [1.29, 1.82) is 0 Å². The van der Waals surface area contributed by atoms with E-state index in [1.807, 2.05) is 24.6 Å². The van der Waals surface area contributed by atoms with Crippen LogP contribution in [0, 0.1) is 11.3 Å². The van der Waals surface area contributed by atoms with Crippen molar-refractivity contribution in [3.63, 3.8) is 0 Å². The molecule has 1 rings (SSSR count). The van der Waals surface area contributed by atoms with Crippen molar-refractivity contribution in [3.05, 3.63) is 18.7 Å². The Kier molecular flexibility index (Phi) is 5.74. The van der Waals surface area contributed by atoms with Crippen LogP contribution >= 0.6 is 0 Å². The van der Waals surface area contributed by atoms with Gasteiger partial charge in [-0.3, -0.25) is 4.79 Å². The first-order chi connectivity index (χ1) is 9.25. The fourth-order valence-electron chi connectivity index (χ4n) is 1.92. The first-order valence-corrected chi connectivity index (χ1v) is 7.27. The molecule has 1 unspecified atom stereocenters. The fourth-order valence-corrected chi connectivity index (χ4v) is 1.92. The van der Waals surface area contributed by atoms with E-state index in [0.29, 0.717) is 6.54 Å². The highest BCUT2D eigenvalue weighted by molar-refractivity contribution is 5.82. The van der Waals surface area contributed by atoms with Crippen LogP contribution in [0.4, 0.5) is 0 Å². The van der Waals surface area contributed by atoms with E-state index in [4.69, 9.17) is 5.73 Å². The lowest BCUT2D eigenvalue weighted by atomic mass is 9.86. The number of amides is 1. The van der Waals surface area contributed by atoms with Crippen molar-refractivity contribution in [2.45, 2.75) is 59.7 Å². The molecule has 20 heavy (non-hydrogen) atoms. The lowest BCUT2D eigenvalue weighted by molar-refractivity contribution is -0.125. The van der Waals surface area contributed by atoms with Crippen LogP contribution in [0.1, 0.15) is 41.0 Å². The summed E-state index contributed by atoms with van der Waals surface area (Å²) < 4.78 is 1.98. The van der Waals surface area contributed by atoms with E-state index in [2.05, 4.69) is 31.1 Å². The third kappa shape index (κ3) is 4.63. The first-order valence-electron chi connectivity index (χ1n) is 7.27. The summed E-state index contributed by atoms with van der Waals surface area (Å²) >= 11 is 0. The molecule has 1 aromatic heterocycles. The van der Waals surface area contributed by atoms with E-state index in [0.717, 1.165) is 6.42 Å². The molecule has 3 atom stereocenters. The summed E-state index contributed by atoms with van der Waals surface area (Å²) in [6, 6.07) is -0.438. The SMILES string of the molecule is CC[C@H](C)[C@H](N)C(=O)NC(Cn1ccnc1)C(C)(C)C. The summed E-state index contributed by atoms with van der Waals surface area (Å²) in [6.45, 7) is 11.1. The van der Waals surface area contributed by atoms with Gasteiger partial charge in [-0.15, -0.1) is 0 Å². The molecule has 5 nitrogen and oxygen atoms in total. The molecule has 5 heteroatoms. The molecule has 1 heterocycles. The number of imidazole rings is 1. The quantitative estimate of drug-likeness (QED) is 0.834. The zero-order valence-corrected chi connectivity index (χ0v) is 13.3. The molecule has 3 N–H and O–H groups in total. The normalized spacial score (nSPS) is 16.5. The van der Waals surface area contributed by atoms with Crippen molar-refractivity contribution in [3.8, 4) is 0 Å². The van der Waals surface area contributed by atoms with Crippen LogP contribution in [0.2, 0.25) is 0 Å². The van der Waals surface area contributed by atoms with Gasteiger partial charge >= 0.3 is 0 Å². The van der Waals surface area contributed by atoms with Gasteiger partial charge in [-0.2, -0.15) is 0 Å². The summed E-state index contributed by atoms with van der Waals surface area (Å²) in [5, 5.41) is 3.10. The van der Waals surface area contributed by atoms with E-state index >= 15 is 0 Å². The molecule has 1 aromatic rings. The number of carbonyl (C=O) groups is 1. The van der Waals surface area contributed by atoms with Gasteiger partial charge in [0.05, 0.1) is 18.4 Å². The van der Waals surface area contributed by atoms with Gasteiger partial charge in [-0.25, -0.2) is 4.98 Å². The van der Waals surface area contributed by atoms with Crippen LogP contribution in [-0.2, 0) is 11.3 Å². The van der Waals surface area contributed by atoms with Gasteiger partial charge in [0.25, 0.3) is 0 Å². The Morgan fingerprint density at radius 2 is 2.10 bits per heavy atom. The Labute approximate surface area is 122 Å². The third-order valence-corrected chi connectivity index (χ3v) is 3.87. The van der Waals surface area contributed by atoms with Crippen molar-refractivity contribution < 1.29 is 4.79 Å². The molecule has 0 aliphatic carbocycles. The number of carbonyl (C=O) groups excluding carboxylic acids is 1. The van der Waals surface area contributed by atoms with Crippen LogP contribution in [0.3, 0.4) is 0 Å². The molecule has 114 valence electrons. The maximum Gasteiger partial charge on any atom is 0.237 e. The monoisotopic (exact) mass is 280 g/mol. The molecular formula is C15H28N4O. The van der Waals surface area contributed by atoms with Gasteiger partial charge in [-0.1, -0.05) is 41.0 Å². The van der Waals surface area contributed by atoms with Crippen molar-refractivity contribution in [2.75, 3.05) is 0 Å². The smallest absolute Gasteiger partial charge is 0.237 e. The molecule has 1 amide bonds. The Hall–Kier alpha value is -1.36. The summed E-state index contributed by atoms with van der Waals surface area (Å²) in [4.78, 5) is 16.3. The summed E-state index contributed by atoms with van der Waals surface area (Å²) in [5.41, 5.74) is 5.96. The zero-order valence-electron chi connectivity index (χ0n) is 13.3. The number of nitrogens with zero attached hydrogens (tertiary/aromatic N) is 2. The minimum atomic E-state index is -0.451. The van der Waals surface area contributed by atoms with Gasteiger partial charge in [-0.05, 0) is 11.3 Å². The van der Waals surface area contributed by atoms with Crippen molar-refractivity contribution in [2.24, 2.45) is 17.1 Å². The third-order valence-electron chi connectivity index (χ3n) is 3.87. The standard InChI is InChI=1S/C15H28N4O/c1-6-11(2)13(16)14(20)18-12(15(3,4)5)9-19-8-7-17-10-19/h7-8,10-13H,6,9,16H2,1-5H3,(H,18,20)/t11-,12?,13-/m0/s1. The van der Waals surface area contributed by atoms with Gasteiger partial charge in [0, 0.05) is 18.9 Å². The van der Waals surface area contributed by atoms with E-state index in [1.165, 1.54) is 0 Å². The first kappa shape index (κ1) is 16.7. The summed E-state index contributed by atoms with van der Waals surface area (Å²) in [6.07, 6.45) is 6.31. The second-order valence-electron chi connectivity index (χ2n) is 6.60. The predicted octanol–water partition coefficient (Wildman–Crippen LogP) is 1.79. The maximum atomic E-state index is 12.3. The number of nitrogens with two attached hydrogens (primary N) is 1. The van der Waals surface area contributed by atoms with Gasteiger partial charge in [0.15, 0.2) is 0 Å². The largest absolute Gasteiger partial charge is 0.350 e. The number of hydrogen-bond donors (Lipinski definition) is 2. The van der Waals surface area contributed by atoms with Gasteiger partial charge < -0.3 is 15.6 Å². The summed E-state index contributed by atoms with van der Waals surface area (Å²) in [5.74, 6) is 0.114. The maximum absolute atomic E-state index is 12.3. The van der Waals surface area contributed by atoms with Crippen molar-refractivity contribution in [1.82, 2.24) is 14.9 Å². The van der Waals surface area contributed by atoms with E-state index in [9.17, 15) is 4.79 Å². The topological polar surface area (TPSA) is 72.9 Å². The number of aromatic nitrogens is 2. The highest BCUT2D eigenvalue weighted by atomic mass is 16.2. The molecule has 0 saturated carbocycles. The molecular weight excluding hydrogens is 252 g/mol. The molecule has 0 fully saturated rings. The second-order valence-corrected chi connectivity index (χ2v) is 6.60. The highest BCUT2D eigenvalue weighted by Crippen LogP contribution is 2.21. The average Bonchev–Trinajstić information content (AvgIpc) is 2.87. The molecule has 0 bridgehead atoms. The van der Waals surface area contributed by atoms with Gasteiger partial charge in [0.2, 0.25) is 5.91 Å². The Morgan fingerprint density at radius 3 is 2.55 bits per heavy atom. The Bertz CT molecular complexity index is 408. The molecule has 0 aliphatic rings. The van der Waals surface area contributed by atoms with E-state index in [1.54, 1.807) is 12.5 Å². The Morgan fingerprint density at radius 1 is 1.45 bits per heavy atom. The molecule has 0 spiro atoms. The number of hydrogen-bond acceptors (Lipinski definition) is 3. The lowest BCUT2D eigenvalue weighted by Gasteiger charge is -2.33. The van der Waals surface area contributed by atoms with Gasteiger partial charge in [0.1, 0.15) is 0 Å². The molecule has 0 radical (unpaired) electrons. The molecule has 0 saturated heterocycles. The fraction of sp³-hybridized carbons (Fsp3) is 0.733. The zero-order chi connectivity index (χ0) is 15.3. The molecule has 0 aliphatic heterocycles. The van der Waals surface area contributed by atoms with Crippen LogP contribution in [0.5, 0.6) is 0 Å². The summed E-state index contributed by atoms with van der Waals surface area (Å²) in [7, 11) is 0. The predicted molar refractivity (Wildman–Crippen MR) is 81.0 cm³/mol. The highest BCUT2D eigenvalue weighted by Gasteiger charge is 2.29. The minimum absolute atomic E-state index is 0.0132. The minimum Gasteiger partial charge on any atom is -0.350 e. The number of nitrogens with one attached hydrogen (secondary N) is 1. The Balaban J connectivity index is 2.73. The number of rotatable bonds is 6. The van der Waals surface area contributed by atoms with Crippen LogP contribution in [-0.4, -0.2) is 27.5 Å². The second kappa shape index (κ2) is 6.88.